The third-order valence-corrected chi connectivity index (χ3v) is 7.26. The molecule has 42 heavy (non-hydrogen) atoms. The maximum Gasteiger partial charge on any atom is 0.472 e. The van der Waals surface area contributed by atoms with E-state index >= 15 is 0 Å². The van der Waals surface area contributed by atoms with Crippen molar-refractivity contribution in [3.8, 4) is 11.1 Å². The van der Waals surface area contributed by atoms with Crippen LogP contribution < -0.4 is 10.6 Å². The molecule has 8 nitrogen and oxygen atoms in total. The summed E-state index contributed by atoms with van der Waals surface area (Å²) in [4.78, 5) is 52.5. The van der Waals surface area contributed by atoms with E-state index in [1.807, 2.05) is 86.6 Å². The van der Waals surface area contributed by atoms with Gasteiger partial charge in [-0.25, -0.2) is 0 Å². The zero-order valence-corrected chi connectivity index (χ0v) is 24.3. The summed E-state index contributed by atoms with van der Waals surface area (Å²) in [7, 11) is -1.69. The van der Waals surface area contributed by atoms with Gasteiger partial charge in [0, 0.05) is 30.2 Å². The predicted molar refractivity (Wildman–Crippen MR) is 163 cm³/mol. The lowest BCUT2D eigenvalue weighted by Gasteiger charge is -2.25. The van der Waals surface area contributed by atoms with Gasteiger partial charge in [0.15, 0.2) is 11.6 Å². The Labute approximate surface area is 247 Å². The molecule has 0 bridgehead atoms. The summed E-state index contributed by atoms with van der Waals surface area (Å²) >= 11 is 0. The topological polar surface area (TPSA) is 133 Å². The van der Waals surface area contributed by atoms with E-state index < -0.39 is 36.8 Å². The molecule has 3 aromatic rings. The molecule has 9 heteroatoms. The van der Waals surface area contributed by atoms with Gasteiger partial charge in [0.2, 0.25) is 11.8 Å². The molecule has 220 valence electrons. The number of benzene rings is 3. The highest BCUT2D eigenvalue weighted by Gasteiger charge is 2.31. The van der Waals surface area contributed by atoms with E-state index in [0.717, 1.165) is 16.7 Å². The molecule has 0 unspecified atom stereocenters. The van der Waals surface area contributed by atoms with E-state index in [1.165, 1.54) is 0 Å². The van der Waals surface area contributed by atoms with Gasteiger partial charge in [-0.1, -0.05) is 106 Å². The van der Waals surface area contributed by atoms with Crippen LogP contribution in [0.15, 0.2) is 84.9 Å². The van der Waals surface area contributed by atoms with Crippen LogP contribution in [0.4, 0.5) is 0 Å². The Bertz CT molecular complexity index is 1330. The highest BCUT2D eigenvalue weighted by molar-refractivity contribution is 6.41. The molecule has 0 aliphatic rings. The van der Waals surface area contributed by atoms with E-state index in [2.05, 4.69) is 10.6 Å². The van der Waals surface area contributed by atoms with Crippen molar-refractivity contribution in [3.05, 3.63) is 96.1 Å². The molecule has 0 fully saturated rings. The predicted octanol–water partition coefficient (Wildman–Crippen LogP) is 3.65. The van der Waals surface area contributed by atoms with Gasteiger partial charge in [-0.05, 0) is 29.0 Å². The smallest absolute Gasteiger partial charge is 0.426 e. The van der Waals surface area contributed by atoms with Crippen LogP contribution in [0.3, 0.4) is 0 Å². The first-order chi connectivity index (χ1) is 20.0. The SMILES string of the molecule is CC(C)[C@H](CC(=O)c1ccc(-c2ccccc2)cc1)C(=O)N[C@@H](Cc1ccccc1)C(=O)C[C@@H](C)C(=O)NCB(O)O. The number of carbonyl (C=O) groups excluding carboxylic acids is 4. The quantitative estimate of drug-likeness (QED) is 0.163. The Hall–Kier alpha value is -4.08. The first-order valence-corrected chi connectivity index (χ1v) is 14.2. The number of hydrogen-bond donors (Lipinski definition) is 4. The molecule has 3 atom stereocenters. The highest BCUT2D eigenvalue weighted by atomic mass is 16.4. The van der Waals surface area contributed by atoms with Crippen LogP contribution in [0, 0.1) is 17.8 Å². The molecular weight excluding hydrogens is 531 g/mol. The van der Waals surface area contributed by atoms with Gasteiger partial charge in [0.1, 0.15) is 0 Å². The van der Waals surface area contributed by atoms with E-state index in [-0.39, 0.29) is 43.2 Å². The minimum Gasteiger partial charge on any atom is -0.426 e. The van der Waals surface area contributed by atoms with Crippen LogP contribution in [0.25, 0.3) is 11.1 Å². The summed E-state index contributed by atoms with van der Waals surface area (Å²) in [5.41, 5.74) is 3.39. The van der Waals surface area contributed by atoms with E-state index in [0.29, 0.717) is 5.56 Å². The van der Waals surface area contributed by atoms with E-state index in [4.69, 9.17) is 10.0 Å². The van der Waals surface area contributed by atoms with Gasteiger partial charge in [-0.3, -0.25) is 19.2 Å². The molecule has 0 saturated carbocycles. The van der Waals surface area contributed by atoms with Crippen molar-refractivity contribution in [2.24, 2.45) is 17.8 Å². The first kappa shape index (κ1) is 32.4. The number of carbonyl (C=O) groups is 4. The largest absolute Gasteiger partial charge is 0.472 e. The number of Topliss-reactive ketones (excluding diaryl/α,β-unsaturated/α-hetero) is 2. The maximum atomic E-state index is 13.5. The van der Waals surface area contributed by atoms with Crippen LogP contribution in [0.5, 0.6) is 0 Å². The second-order valence-electron chi connectivity index (χ2n) is 11.0. The molecule has 0 heterocycles. The minimum atomic E-state index is -1.69. The fourth-order valence-electron chi connectivity index (χ4n) is 4.70. The first-order valence-electron chi connectivity index (χ1n) is 14.2. The Morgan fingerprint density at radius 3 is 1.88 bits per heavy atom. The van der Waals surface area contributed by atoms with Crippen LogP contribution in [0.1, 0.15) is 49.5 Å². The summed E-state index contributed by atoms with van der Waals surface area (Å²) in [5, 5.41) is 23.3. The number of nitrogens with one attached hydrogen (secondary N) is 2. The summed E-state index contributed by atoms with van der Waals surface area (Å²) in [6.07, 6.45) is -0.275. The van der Waals surface area contributed by atoms with Gasteiger partial charge in [0.05, 0.1) is 12.5 Å². The molecule has 0 aliphatic heterocycles. The van der Waals surface area contributed by atoms with Crippen LogP contribution in [0.2, 0.25) is 0 Å². The zero-order valence-electron chi connectivity index (χ0n) is 24.3. The third-order valence-electron chi connectivity index (χ3n) is 7.26. The molecule has 0 spiro atoms. The molecular formula is C33H39BN2O6. The van der Waals surface area contributed by atoms with Crippen molar-refractivity contribution in [2.75, 3.05) is 6.44 Å². The average Bonchev–Trinajstić information content (AvgIpc) is 2.98. The second-order valence-corrected chi connectivity index (χ2v) is 11.0. The fourth-order valence-corrected chi connectivity index (χ4v) is 4.70. The standard InChI is InChI=1S/C33H39BN2O6/c1-22(2)28(20-30(37)27-16-14-26(15-17-27)25-12-8-5-9-13-25)33(40)36-29(19-24-10-6-4-7-11-24)31(38)18-23(3)32(39)35-21-34(41)42/h4-17,22-23,28-29,41-42H,18-21H2,1-3H3,(H,35,39)(H,36,40)/t23-,28+,29+/m1/s1. The van der Waals surface area contributed by atoms with Crippen LogP contribution in [-0.4, -0.2) is 53.0 Å². The lowest BCUT2D eigenvalue weighted by atomic mass is 9.87. The van der Waals surface area contributed by atoms with Crippen LogP contribution in [-0.2, 0) is 20.8 Å². The van der Waals surface area contributed by atoms with Crippen molar-refractivity contribution < 1.29 is 29.2 Å². The Balaban J connectivity index is 1.72. The molecule has 3 aromatic carbocycles. The number of rotatable bonds is 15. The van der Waals surface area contributed by atoms with Gasteiger partial charge in [-0.2, -0.15) is 0 Å². The highest BCUT2D eigenvalue weighted by Crippen LogP contribution is 2.23. The Morgan fingerprint density at radius 2 is 1.31 bits per heavy atom. The van der Waals surface area contributed by atoms with Crippen molar-refractivity contribution in [2.45, 2.75) is 46.1 Å². The molecule has 2 amide bonds. The van der Waals surface area contributed by atoms with E-state index in [9.17, 15) is 19.2 Å². The summed E-state index contributed by atoms with van der Waals surface area (Å²) in [6, 6.07) is 25.5. The van der Waals surface area contributed by atoms with Gasteiger partial charge < -0.3 is 20.7 Å². The lowest BCUT2D eigenvalue weighted by molar-refractivity contribution is -0.133. The Kier molecular flexibility index (Phi) is 12.2. The summed E-state index contributed by atoms with van der Waals surface area (Å²) < 4.78 is 0. The minimum absolute atomic E-state index is 0.0112. The molecule has 4 N–H and O–H groups in total. The molecule has 0 aromatic heterocycles. The number of hydrogen-bond acceptors (Lipinski definition) is 6. The third kappa shape index (κ3) is 9.78. The van der Waals surface area contributed by atoms with Gasteiger partial charge in [0.25, 0.3) is 0 Å². The Morgan fingerprint density at radius 1 is 0.738 bits per heavy atom. The second kappa shape index (κ2) is 15.8. The zero-order chi connectivity index (χ0) is 30.6. The van der Waals surface area contributed by atoms with Crippen LogP contribution >= 0.6 is 0 Å². The normalized spacial score (nSPS) is 13.1. The maximum absolute atomic E-state index is 13.5. The summed E-state index contributed by atoms with van der Waals surface area (Å²) in [6.45, 7) is 5.30. The van der Waals surface area contributed by atoms with E-state index in [1.54, 1.807) is 19.1 Å². The molecule has 3 rings (SSSR count). The van der Waals surface area contributed by atoms with Crippen molar-refractivity contribution in [1.29, 1.82) is 0 Å². The van der Waals surface area contributed by atoms with Gasteiger partial charge >= 0.3 is 7.12 Å². The number of ketones is 2. The van der Waals surface area contributed by atoms with Gasteiger partial charge in [-0.15, -0.1) is 0 Å². The molecule has 0 saturated heterocycles. The van der Waals surface area contributed by atoms with Crippen molar-refractivity contribution in [3.63, 3.8) is 0 Å². The van der Waals surface area contributed by atoms with Crippen molar-refractivity contribution >= 4 is 30.5 Å². The molecule has 0 radical (unpaired) electrons. The lowest BCUT2D eigenvalue weighted by Crippen LogP contribution is -2.47. The molecule has 0 aliphatic carbocycles. The summed E-state index contributed by atoms with van der Waals surface area (Å²) in [5.74, 6) is -2.95. The monoisotopic (exact) mass is 570 g/mol. The fraction of sp³-hybridized carbons (Fsp3) is 0.333. The number of amides is 2. The average molecular weight is 570 g/mol. The van der Waals surface area contributed by atoms with Crippen molar-refractivity contribution in [1.82, 2.24) is 10.6 Å².